The summed E-state index contributed by atoms with van der Waals surface area (Å²) in [4.78, 5) is 14.7. The first-order valence-corrected chi connectivity index (χ1v) is 8.30. The van der Waals surface area contributed by atoms with Crippen molar-refractivity contribution in [3.63, 3.8) is 0 Å². The van der Waals surface area contributed by atoms with Crippen molar-refractivity contribution >= 4 is 11.6 Å². The molecule has 3 heteroatoms. The Morgan fingerprint density at radius 2 is 2.14 bits per heavy atom. The fourth-order valence-electron chi connectivity index (χ4n) is 4.75. The molecule has 0 aromatic heterocycles. The van der Waals surface area contributed by atoms with Gasteiger partial charge in [-0.25, -0.2) is 0 Å². The molecular weight excluding hydrogens is 260 g/mol. The molecule has 21 heavy (non-hydrogen) atoms. The molecule has 0 spiro atoms. The average molecular weight is 284 g/mol. The average Bonchev–Trinajstić information content (AvgIpc) is 3.20. The molecule has 1 aromatic carbocycles. The number of fused-ring (bicyclic) bond motifs is 3. The summed E-state index contributed by atoms with van der Waals surface area (Å²) in [5.74, 6) is 2.85. The third-order valence-electron chi connectivity index (χ3n) is 5.84. The van der Waals surface area contributed by atoms with Gasteiger partial charge in [-0.05, 0) is 48.6 Å². The quantitative estimate of drug-likeness (QED) is 0.925. The van der Waals surface area contributed by atoms with E-state index in [2.05, 4.69) is 17.4 Å². The molecule has 1 amide bonds. The molecule has 3 nitrogen and oxygen atoms in total. The Morgan fingerprint density at radius 1 is 1.29 bits per heavy atom. The van der Waals surface area contributed by atoms with Crippen molar-refractivity contribution in [2.45, 2.75) is 38.1 Å². The van der Waals surface area contributed by atoms with Gasteiger partial charge in [0.15, 0.2) is 0 Å². The van der Waals surface area contributed by atoms with Gasteiger partial charge < -0.3 is 10.2 Å². The number of carbonyl (C=O) groups is 1. The van der Waals surface area contributed by atoms with Gasteiger partial charge in [-0.15, -0.1) is 0 Å². The van der Waals surface area contributed by atoms with Crippen LogP contribution in [0.25, 0.3) is 0 Å². The molecule has 3 aliphatic rings. The Morgan fingerprint density at radius 3 is 2.86 bits per heavy atom. The fourth-order valence-corrected chi connectivity index (χ4v) is 4.75. The minimum atomic E-state index is -0.0639. The highest BCUT2D eigenvalue weighted by Gasteiger charge is 2.40. The zero-order valence-electron chi connectivity index (χ0n) is 12.7. The van der Waals surface area contributed by atoms with Gasteiger partial charge in [0.25, 0.3) is 0 Å². The second kappa shape index (κ2) is 5.04. The summed E-state index contributed by atoms with van der Waals surface area (Å²) < 4.78 is 0. The van der Waals surface area contributed by atoms with E-state index in [1.165, 1.54) is 31.2 Å². The maximum Gasteiger partial charge on any atom is 0.245 e. The molecule has 1 aromatic rings. The molecule has 4 rings (SSSR count). The Bertz CT molecular complexity index is 531. The number of para-hydroxylation sites is 1. The Labute approximate surface area is 126 Å². The number of likely N-dealkylation sites (N-methyl/N-ethyl adjacent to an activating group) is 1. The van der Waals surface area contributed by atoms with Gasteiger partial charge in [-0.3, -0.25) is 4.79 Å². The third kappa shape index (κ3) is 2.33. The van der Waals surface area contributed by atoms with E-state index in [0.717, 1.165) is 36.4 Å². The first-order chi connectivity index (χ1) is 10.2. The van der Waals surface area contributed by atoms with Crippen LogP contribution < -0.4 is 5.32 Å². The summed E-state index contributed by atoms with van der Waals surface area (Å²) >= 11 is 0. The number of nitrogens with one attached hydrogen (secondary N) is 1. The van der Waals surface area contributed by atoms with Gasteiger partial charge >= 0.3 is 0 Å². The summed E-state index contributed by atoms with van der Waals surface area (Å²) in [6.45, 7) is 0.953. The van der Waals surface area contributed by atoms with Gasteiger partial charge in [0, 0.05) is 25.7 Å². The van der Waals surface area contributed by atoms with Crippen molar-refractivity contribution in [1.29, 1.82) is 0 Å². The van der Waals surface area contributed by atoms with Crippen molar-refractivity contribution in [3.8, 4) is 0 Å². The summed E-state index contributed by atoms with van der Waals surface area (Å²) in [5, 5.41) is 3.38. The molecule has 2 aliphatic carbocycles. The van der Waals surface area contributed by atoms with Crippen LogP contribution in [0, 0.1) is 17.8 Å². The lowest BCUT2D eigenvalue weighted by molar-refractivity contribution is -0.131. The van der Waals surface area contributed by atoms with E-state index in [-0.39, 0.29) is 11.9 Å². The fraction of sp³-hybridized carbons (Fsp3) is 0.611. The first kappa shape index (κ1) is 13.2. The summed E-state index contributed by atoms with van der Waals surface area (Å²) in [7, 11) is 1.99. The number of amides is 1. The van der Waals surface area contributed by atoms with Gasteiger partial charge in [0.2, 0.25) is 5.91 Å². The minimum Gasteiger partial charge on any atom is -0.373 e. The third-order valence-corrected chi connectivity index (χ3v) is 5.84. The number of carbonyl (C=O) groups excluding carboxylic acids is 1. The highest BCUT2D eigenvalue weighted by molar-refractivity contribution is 5.87. The number of hydrogen-bond donors (Lipinski definition) is 1. The van der Waals surface area contributed by atoms with E-state index in [1.807, 2.05) is 24.1 Å². The van der Waals surface area contributed by atoms with Crippen LogP contribution in [0.3, 0.4) is 0 Å². The predicted octanol–water partition coefficient (Wildman–Crippen LogP) is 2.92. The standard InChI is InChI=1S/C18H24N2O/c1-20(11-15-9-12-6-7-13(15)8-12)18(21)17-10-14-4-2-3-5-16(14)19-17/h2-5,12-13,15,17,19H,6-11H2,1H3/t12?,13?,15?,17-/m0/s1. The summed E-state index contributed by atoms with van der Waals surface area (Å²) in [5.41, 5.74) is 2.40. The zero-order chi connectivity index (χ0) is 14.4. The van der Waals surface area contributed by atoms with Crippen molar-refractivity contribution in [3.05, 3.63) is 29.8 Å². The first-order valence-electron chi connectivity index (χ1n) is 8.30. The lowest BCUT2D eigenvalue weighted by Crippen LogP contribution is -2.42. The molecule has 0 saturated heterocycles. The van der Waals surface area contributed by atoms with Crippen LogP contribution in [0.2, 0.25) is 0 Å². The molecule has 2 bridgehead atoms. The lowest BCUT2D eigenvalue weighted by atomic mass is 9.88. The number of hydrogen-bond acceptors (Lipinski definition) is 2. The van der Waals surface area contributed by atoms with Crippen LogP contribution >= 0.6 is 0 Å². The summed E-state index contributed by atoms with van der Waals surface area (Å²) in [6, 6.07) is 8.19. The molecular formula is C18H24N2O. The predicted molar refractivity (Wildman–Crippen MR) is 84.1 cm³/mol. The molecule has 0 radical (unpaired) electrons. The van der Waals surface area contributed by atoms with Gasteiger partial charge in [-0.2, -0.15) is 0 Å². The van der Waals surface area contributed by atoms with E-state index in [4.69, 9.17) is 0 Å². The molecule has 1 heterocycles. The monoisotopic (exact) mass is 284 g/mol. The molecule has 2 fully saturated rings. The zero-order valence-corrected chi connectivity index (χ0v) is 12.7. The van der Waals surface area contributed by atoms with Crippen LogP contribution in [0.5, 0.6) is 0 Å². The Balaban J connectivity index is 1.37. The topological polar surface area (TPSA) is 32.3 Å². The van der Waals surface area contributed by atoms with Gasteiger partial charge in [0.1, 0.15) is 6.04 Å². The molecule has 4 atom stereocenters. The van der Waals surface area contributed by atoms with Gasteiger partial charge in [0.05, 0.1) is 0 Å². The molecule has 1 aliphatic heterocycles. The summed E-state index contributed by atoms with van der Waals surface area (Å²) in [6.07, 6.45) is 6.42. The van der Waals surface area contributed by atoms with E-state index < -0.39 is 0 Å². The van der Waals surface area contributed by atoms with Crippen molar-refractivity contribution < 1.29 is 4.79 Å². The SMILES string of the molecule is CN(CC1CC2CCC1C2)C(=O)[C@@H]1Cc2ccccc2N1. The largest absolute Gasteiger partial charge is 0.373 e. The lowest BCUT2D eigenvalue weighted by Gasteiger charge is -2.29. The van der Waals surface area contributed by atoms with Crippen molar-refractivity contribution in [2.75, 3.05) is 18.9 Å². The smallest absolute Gasteiger partial charge is 0.245 e. The second-order valence-corrected chi connectivity index (χ2v) is 7.21. The maximum absolute atomic E-state index is 12.7. The molecule has 112 valence electrons. The number of rotatable bonds is 3. The van der Waals surface area contributed by atoms with E-state index in [9.17, 15) is 4.79 Å². The van der Waals surface area contributed by atoms with E-state index in [0.29, 0.717) is 0 Å². The molecule has 1 N–H and O–H groups in total. The van der Waals surface area contributed by atoms with Gasteiger partial charge in [-0.1, -0.05) is 24.6 Å². The van der Waals surface area contributed by atoms with E-state index >= 15 is 0 Å². The number of nitrogens with zero attached hydrogens (tertiary/aromatic N) is 1. The van der Waals surface area contributed by atoms with Crippen LogP contribution in [-0.4, -0.2) is 30.4 Å². The molecule has 3 unspecified atom stereocenters. The normalized spacial score (nSPS) is 32.8. The molecule has 2 saturated carbocycles. The van der Waals surface area contributed by atoms with Crippen LogP contribution in [0.4, 0.5) is 5.69 Å². The van der Waals surface area contributed by atoms with Crippen molar-refractivity contribution in [2.24, 2.45) is 17.8 Å². The van der Waals surface area contributed by atoms with Crippen LogP contribution in [-0.2, 0) is 11.2 Å². The Kier molecular flexibility index (Phi) is 3.16. The minimum absolute atomic E-state index is 0.0639. The second-order valence-electron chi connectivity index (χ2n) is 7.21. The van der Waals surface area contributed by atoms with Crippen LogP contribution in [0.15, 0.2) is 24.3 Å². The maximum atomic E-state index is 12.7. The number of anilines is 1. The Hall–Kier alpha value is -1.51. The van der Waals surface area contributed by atoms with Crippen molar-refractivity contribution in [1.82, 2.24) is 4.90 Å². The van der Waals surface area contributed by atoms with E-state index in [1.54, 1.807) is 0 Å². The van der Waals surface area contributed by atoms with Crippen LogP contribution in [0.1, 0.15) is 31.2 Å². The highest BCUT2D eigenvalue weighted by atomic mass is 16.2. The number of benzene rings is 1. The highest BCUT2D eigenvalue weighted by Crippen LogP contribution is 2.48.